The van der Waals surface area contributed by atoms with Gasteiger partial charge in [0, 0.05) is 29.3 Å². The number of carbonyl (C=O) groups excluding carboxylic acids is 2. The van der Waals surface area contributed by atoms with Crippen LogP contribution in [-0.2, 0) is 14.3 Å². The van der Waals surface area contributed by atoms with Crippen molar-refractivity contribution in [3.8, 4) is 11.5 Å². The Hall–Kier alpha value is -3.54. The van der Waals surface area contributed by atoms with Gasteiger partial charge in [-0.05, 0) is 56.5 Å². The molecule has 2 aliphatic rings. The molecule has 1 aliphatic heterocycles. The fraction of sp³-hybridized carbons (Fsp3) is 0.333. The Morgan fingerprint density at radius 1 is 1.00 bits per heavy atom. The van der Waals surface area contributed by atoms with Crippen molar-refractivity contribution in [2.45, 2.75) is 39.0 Å². The Balaban J connectivity index is 1.58. The molecular formula is C27H29NO5. The number of allylic oxidation sites excluding steroid dienone is 3. The highest BCUT2D eigenvalue weighted by atomic mass is 16.6. The number of nitrogens with one attached hydrogen (secondary N) is 1. The van der Waals surface area contributed by atoms with Gasteiger partial charge in [-0.2, -0.15) is 0 Å². The number of hydrogen-bond donors (Lipinski definition) is 1. The van der Waals surface area contributed by atoms with Crippen LogP contribution in [0.2, 0.25) is 0 Å². The number of rotatable bonds is 8. The van der Waals surface area contributed by atoms with Crippen LogP contribution >= 0.6 is 0 Å². The average molecular weight is 448 g/mol. The molecule has 0 spiro atoms. The lowest BCUT2D eigenvalue weighted by Gasteiger charge is -2.34. The second-order valence-electron chi connectivity index (χ2n) is 8.07. The quantitative estimate of drug-likeness (QED) is 0.468. The van der Waals surface area contributed by atoms with E-state index in [2.05, 4.69) is 5.32 Å². The lowest BCUT2D eigenvalue weighted by Crippen LogP contribution is -2.34. The fourth-order valence-corrected chi connectivity index (χ4v) is 4.43. The molecule has 1 unspecified atom stereocenters. The van der Waals surface area contributed by atoms with Crippen molar-refractivity contribution in [1.82, 2.24) is 5.32 Å². The summed E-state index contributed by atoms with van der Waals surface area (Å²) in [5, 5.41) is 3.31. The van der Waals surface area contributed by atoms with Crippen molar-refractivity contribution < 1.29 is 23.8 Å². The molecule has 0 saturated heterocycles. The summed E-state index contributed by atoms with van der Waals surface area (Å²) in [6, 6.07) is 17.0. The van der Waals surface area contributed by atoms with Gasteiger partial charge < -0.3 is 19.5 Å². The minimum atomic E-state index is -0.489. The molecule has 0 saturated carbocycles. The first-order valence-electron chi connectivity index (χ1n) is 11.4. The molecule has 6 nitrogen and oxygen atoms in total. The van der Waals surface area contributed by atoms with E-state index < -0.39 is 11.9 Å². The van der Waals surface area contributed by atoms with Gasteiger partial charge in [0.05, 0.1) is 12.2 Å². The monoisotopic (exact) mass is 447 g/mol. The molecule has 0 bridgehead atoms. The molecule has 4 rings (SSSR count). The summed E-state index contributed by atoms with van der Waals surface area (Å²) in [6.07, 6.45) is 2.07. The summed E-state index contributed by atoms with van der Waals surface area (Å²) < 4.78 is 16.9. The molecule has 2 aromatic carbocycles. The minimum Gasteiger partial charge on any atom is -0.494 e. The number of ketones is 1. The number of ether oxygens (including phenoxy) is 3. The fourth-order valence-electron chi connectivity index (χ4n) is 4.43. The third-order valence-electron chi connectivity index (χ3n) is 5.83. The lowest BCUT2D eigenvalue weighted by atomic mass is 9.75. The molecule has 0 fully saturated rings. The van der Waals surface area contributed by atoms with Crippen LogP contribution in [0.15, 0.2) is 77.1 Å². The molecule has 1 N–H and O–H groups in total. The van der Waals surface area contributed by atoms with E-state index in [-0.39, 0.29) is 19.0 Å². The van der Waals surface area contributed by atoms with E-state index in [1.807, 2.05) is 68.4 Å². The minimum absolute atomic E-state index is 0.0702. The van der Waals surface area contributed by atoms with Crippen LogP contribution in [0.5, 0.6) is 11.5 Å². The predicted molar refractivity (Wildman–Crippen MR) is 125 cm³/mol. The number of dihydropyridines is 1. The molecule has 33 heavy (non-hydrogen) atoms. The SMILES string of the molecule is CCOc1cccc(C2C(C(=O)OCCOc3ccccc3)=C(C)NC3=C2C(=O)CCC3)c1. The maximum absolute atomic E-state index is 13.3. The van der Waals surface area contributed by atoms with Gasteiger partial charge in [0.1, 0.15) is 24.7 Å². The highest BCUT2D eigenvalue weighted by molar-refractivity contribution is 6.03. The van der Waals surface area contributed by atoms with Gasteiger partial charge >= 0.3 is 5.97 Å². The third-order valence-corrected chi connectivity index (χ3v) is 5.83. The maximum atomic E-state index is 13.3. The number of para-hydroxylation sites is 1. The van der Waals surface area contributed by atoms with Gasteiger partial charge in [0.25, 0.3) is 0 Å². The molecular weight excluding hydrogens is 418 g/mol. The lowest BCUT2D eigenvalue weighted by molar-refractivity contribution is -0.140. The first kappa shape index (κ1) is 22.6. The Morgan fingerprint density at radius 3 is 2.58 bits per heavy atom. The van der Waals surface area contributed by atoms with Crippen LogP contribution in [0.3, 0.4) is 0 Å². The third kappa shape index (κ3) is 5.11. The second kappa shape index (κ2) is 10.4. The molecule has 1 aliphatic carbocycles. The van der Waals surface area contributed by atoms with E-state index in [1.54, 1.807) is 0 Å². The van der Waals surface area contributed by atoms with Crippen LogP contribution in [0, 0.1) is 0 Å². The zero-order valence-corrected chi connectivity index (χ0v) is 19.1. The molecule has 1 atom stereocenters. The summed E-state index contributed by atoms with van der Waals surface area (Å²) in [6.45, 7) is 4.67. The van der Waals surface area contributed by atoms with Crippen LogP contribution in [0.1, 0.15) is 44.6 Å². The van der Waals surface area contributed by atoms with E-state index in [9.17, 15) is 9.59 Å². The Labute approximate surface area is 194 Å². The van der Waals surface area contributed by atoms with Crippen molar-refractivity contribution in [3.63, 3.8) is 0 Å². The second-order valence-corrected chi connectivity index (χ2v) is 8.07. The number of Topliss-reactive ketones (excluding diaryl/α,β-unsaturated/α-hetero) is 1. The maximum Gasteiger partial charge on any atom is 0.336 e. The van der Waals surface area contributed by atoms with Crippen LogP contribution < -0.4 is 14.8 Å². The Morgan fingerprint density at radius 2 is 1.79 bits per heavy atom. The number of carbonyl (C=O) groups is 2. The number of benzene rings is 2. The highest BCUT2D eigenvalue weighted by Crippen LogP contribution is 2.43. The summed E-state index contributed by atoms with van der Waals surface area (Å²) in [4.78, 5) is 26.2. The zero-order chi connectivity index (χ0) is 23.2. The van der Waals surface area contributed by atoms with E-state index in [4.69, 9.17) is 14.2 Å². The van der Waals surface area contributed by atoms with Crippen molar-refractivity contribution >= 4 is 11.8 Å². The first-order valence-corrected chi connectivity index (χ1v) is 11.4. The molecule has 0 aromatic heterocycles. The van der Waals surface area contributed by atoms with E-state index in [0.29, 0.717) is 35.6 Å². The summed E-state index contributed by atoms with van der Waals surface area (Å²) >= 11 is 0. The zero-order valence-electron chi connectivity index (χ0n) is 19.1. The summed E-state index contributed by atoms with van der Waals surface area (Å²) in [7, 11) is 0. The van der Waals surface area contributed by atoms with E-state index >= 15 is 0 Å². The van der Waals surface area contributed by atoms with Gasteiger partial charge in [0.15, 0.2) is 5.78 Å². The van der Waals surface area contributed by atoms with Gasteiger partial charge in [-0.15, -0.1) is 0 Å². The highest BCUT2D eigenvalue weighted by Gasteiger charge is 2.39. The van der Waals surface area contributed by atoms with E-state index in [0.717, 1.165) is 29.9 Å². The van der Waals surface area contributed by atoms with Crippen LogP contribution in [0.4, 0.5) is 0 Å². The molecule has 6 heteroatoms. The number of hydrogen-bond acceptors (Lipinski definition) is 6. The van der Waals surface area contributed by atoms with Crippen LogP contribution in [0.25, 0.3) is 0 Å². The van der Waals surface area contributed by atoms with Crippen LogP contribution in [-0.4, -0.2) is 31.6 Å². The van der Waals surface area contributed by atoms with Gasteiger partial charge in [-0.25, -0.2) is 4.79 Å². The van der Waals surface area contributed by atoms with E-state index in [1.165, 1.54) is 0 Å². The normalized spacial score (nSPS) is 17.9. The summed E-state index contributed by atoms with van der Waals surface area (Å²) in [5.41, 5.74) is 3.58. The standard InChI is InChI=1S/C27H29NO5/c1-3-31-21-12-7-9-19(17-21)25-24(18(2)28-22-13-8-14-23(29)26(22)25)27(30)33-16-15-32-20-10-5-4-6-11-20/h4-7,9-12,17,25,28H,3,8,13-16H2,1-2H3. The average Bonchev–Trinajstić information content (AvgIpc) is 2.82. The Kier molecular flexibility index (Phi) is 7.13. The van der Waals surface area contributed by atoms with Crippen molar-refractivity contribution in [1.29, 1.82) is 0 Å². The predicted octanol–water partition coefficient (Wildman–Crippen LogP) is 4.68. The largest absolute Gasteiger partial charge is 0.494 e. The van der Waals surface area contributed by atoms with Gasteiger partial charge in [-0.1, -0.05) is 30.3 Å². The molecule has 0 radical (unpaired) electrons. The van der Waals surface area contributed by atoms with Crippen molar-refractivity contribution in [2.75, 3.05) is 19.8 Å². The summed E-state index contributed by atoms with van der Waals surface area (Å²) in [5.74, 6) is 0.559. The molecule has 1 heterocycles. The van der Waals surface area contributed by atoms with Gasteiger partial charge in [-0.3, -0.25) is 4.79 Å². The molecule has 2 aromatic rings. The van der Waals surface area contributed by atoms with Gasteiger partial charge in [0.2, 0.25) is 0 Å². The molecule has 0 amide bonds. The van der Waals surface area contributed by atoms with Crippen molar-refractivity contribution in [2.24, 2.45) is 0 Å². The van der Waals surface area contributed by atoms with Crippen molar-refractivity contribution in [3.05, 3.63) is 82.7 Å². The topological polar surface area (TPSA) is 73.9 Å². The first-order chi connectivity index (χ1) is 16.1. The Bertz CT molecular complexity index is 1090. The number of esters is 1. The smallest absolute Gasteiger partial charge is 0.336 e. The molecule has 172 valence electrons.